The lowest BCUT2D eigenvalue weighted by Gasteiger charge is -2.23. The van der Waals surface area contributed by atoms with Crippen molar-refractivity contribution in [3.05, 3.63) is 54.1 Å². The molecule has 0 atom stereocenters. The van der Waals surface area contributed by atoms with Crippen LogP contribution in [0.15, 0.2) is 53.7 Å². The van der Waals surface area contributed by atoms with Crippen molar-refractivity contribution >= 4 is 29.0 Å². The summed E-state index contributed by atoms with van der Waals surface area (Å²) in [6.07, 6.45) is 6.44. The van der Waals surface area contributed by atoms with Crippen molar-refractivity contribution in [1.82, 2.24) is 14.8 Å². The Balaban J connectivity index is 1.32. The monoisotopic (exact) mass is 449 g/mol. The van der Waals surface area contributed by atoms with Gasteiger partial charge in [0.05, 0.1) is 5.75 Å². The summed E-state index contributed by atoms with van der Waals surface area (Å²) in [4.78, 5) is 12.5. The van der Waals surface area contributed by atoms with Crippen LogP contribution in [0.2, 0.25) is 0 Å². The maximum absolute atomic E-state index is 12.5. The summed E-state index contributed by atoms with van der Waals surface area (Å²) in [6.45, 7) is 4.88. The molecule has 3 aromatic rings. The summed E-state index contributed by atoms with van der Waals surface area (Å²) >= 11 is 1.41. The number of nitrogens with one attached hydrogen (secondary N) is 2. The number of nitrogens with zero attached hydrogens (tertiary/aromatic N) is 3. The predicted octanol–water partition coefficient (Wildman–Crippen LogP) is 5.75. The Morgan fingerprint density at radius 3 is 2.53 bits per heavy atom. The lowest BCUT2D eigenvalue weighted by atomic mass is 9.95. The number of carbonyl (C=O) groups is 1. The maximum Gasteiger partial charge on any atom is 0.234 e. The van der Waals surface area contributed by atoms with Crippen LogP contribution in [-0.2, 0) is 11.3 Å². The number of benzene rings is 2. The topological polar surface area (TPSA) is 71.8 Å². The quantitative estimate of drug-likeness (QED) is 0.429. The third-order valence-corrected chi connectivity index (χ3v) is 6.75. The number of anilines is 2. The van der Waals surface area contributed by atoms with E-state index >= 15 is 0 Å². The number of carbonyl (C=O) groups excluding carboxylic acids is 1. The standard InChI is InChI=1S/C25H31N5OS/c1-3-30-24(19-9-7-8-18(2)16-19)28-29-25(30)32-17-23(31)27-22-14-12-21(13-15-22)26-20-10-5-4-6-11-20/h7-9,12-16,20,26H,3-6,10-11,17H2,1-2H3,(H,27,31). The van der Waals surface area contributed by atoms with E-state index in [0.29, 0.717) is 6.04 Å². The van der Waals surface area contributed by atoms with Crippen molar-refractivity contribution in [3.8, 4) is 11.4 Å². The third-order valence-electron chi connectivity index (χ3n) is 5.79. The van der Waals surface area contributed by atoms with Crippen LogP contribution in [0.4, 0.5) is 11.4 Å². The second-order valence-electron chi connectivity index (χ2n) is 8.31. The fourth-order valence-corrected chi connectivity index (χ4v) is 4.94. The summed E-state index contributed by atoms with van der Waals surface area (Å²) in [5.74, 6) is 1.07. The zero-order chi connectivity index (χ0) is 22.3. The molecule has 7 heteroatoms. The summed E-state index contributed by atoms with van der Waals surface area (Å²) < 4.78 is 2.05. The first-order valence-electron chi connectivity index (χ1n) is 11.4. The smallest absolute Gasteiger partial charge is 0.234 e. The molecule has 1 aliphatic rings. The second-order valence-corrected chi connectivity index (χ2v) is 9.26. The van der Waals surface area contributed by atoms with Gasteiger partial charge in [0, 0.05) is 29.5 Å². The van der Waals surface area contributed by atoms with E-state index in [0.717, 1.165) is 34.5 Å². The average molecular weight is 450 g/mol. The van der Waals surface area contributed by atoms with Crippen molar-refractivity contribution < 1.29 is 4.79 Å². The van der Waals surface area contributed by atoms with E-state index in [9.17, 15) is 4.79 Å². The molecule has 0 radical (unpaired) electrons. The molecular weight excluding hydrogens is 418 g/mol. The molecule has 0 aliphatic heterocycles. The lowest BCUT2D eigenvalue weighted by Crippen LogP contribution is -2.22. The molecule has 1 aromatic heterocycles. The zero-order valence-corrected chi connectivity index (χ0v) is 19.6. The van der Waals surface area contributed by atoms with E-state index in [1.165, 1.54) is 49.4 Å². The van der Waals surface area contributed by atoms with Gasteiger partial charge in [-0.2, -0.15) is 0 Å². The molecule has 32 heavy (non-hydrogen) atoms. The van der Waals surface area contributed by atoms with Gasteiger partial charge >= 0.3 is 0 Å². The van der Waals surface area contributed by atoms with Crippen LogP contribution >= 0.6 is 11.8 Å². The molecule has 1 saturated carbocycles. The van der Waals surface area contributed by atoms with Gasteiger partial charge in [0.2, 0.25) is 5.91 Å². The zero-order valence-electron chi connectivity index (χ0n) is 18.8. The van der Waals surface area contributed by atoms with E-state index in [1.54, 1.807) is 0 Å². The predicted molar refractivity (Wildman–Crippen MR) is 132 cm³/mol. The van der Waals surface area contributed by atoms with Crippen LogP contribution in [0, 0.1) is 6.92 Å². The van der Waals surface area contributed by atoms with E-state index in [2.05, 4.69) is 51.4 Å². The van der Waals surface area contributed by atoms with Crippen LogP contribution < -0.4 is 10.6 Å². The van der Waals surface area contributed by atoms with Crippen molar-refractivity contribution in [2.24, 2.45) is 0 Å². The Hall–Kier alpha value is -2.80. The molecule has 2 N–H and O–H groups in total. The van der Waals surface area contributed by atoms with Crippen LogP contribution in [0.1, 0.15) is 44.6 Å². The largest absolute Gasteiger partial charge is 0.382 e. The molecule has 1 fully saturated rings. The van der Waals surface area contributed by atoms with Crippen LogP contribution in [0.3, 0.4) is 0 Å². The number of aromatic nitrogens is 3. The fraction of sp³-hybridized carbons (Fsp3) is 0.400. The molecule has 6 nitrogen and oxygen atoms in total. The Labute approximate surface area is 194 Å². The van der Waals surface area contributed by atoms with Crippen molar-refractivity contribution in [1.29, 1.82) is 0 Å². The number of rotatable bonds is 8. The molecule has 0 spiro atoms. The first-order chi connectivity index (χ1) is 15.6. The molecule has 4 rings (SSSR count). The van der Waals surface area contributed by atoms with Crippen LogP contribution in [0.25, 0.3) is 11.4 Å². The molecule has 168 valence electrons. The number of aryl methyl sites for hydroxylation is 1. The first-order valence-corrected chi connectivity index (χ1v) is 12.4. The third kappa shape index (κ3) is 5.71. The number of amides is 1. The minimum absolute atomic E-state index is 0.0502. The molecular formula is C25H31N5OS. The van der Waals surface area contributed by atoms with E-state index in [-0.39, 0.29) is 11.7 Å². The highest BCUT2D eigenvalue weighted by atomic mass is 32.2. The molecule has 1 aliphatic carbocycles. The van der Waals surface area contributed by atoms with Gasteiger partial charge in [-0.25, -0.2) is 0 Å². The number of thioether (sulfide) groups is 1. The summed E-state index contributed by atoms with van der Waals surface area (Å²) in [5.41, 5.74) is 4.14. The van der Waals surface area contributed by atoms with Crippen molar-refractivity contribution in [2.45, 2.75) is 63.7 Å². The number of hydrogen-bond acceptors (Lipinski definition) is 5. The van der Waals surface area contributed by atoms with Gasteiger partial charge in [0.1, 0.15) is 0 Å². The van der Waals surface area contributed by atoms with Crippen molar-refractivity contribution in [3.63, 3.8) is 0 Å². The summed E-state index contributed by atoms with van der Waals surface area (Å²) in [7, 11) is 0. The van der Waals surface area contributed by atoms with E-state index in [1.807, 2.05) is 36.4 Å². The van der Waals surface area contributed by atoms with E-state index in [4.69, 9.17) is 0 Å². The Morgan fingerprint density at radius 1 is 1.06 bits per heavy atom. The van der Waals surface area contributed by atoms with Gasteiger partial charge in [0.15, 0.2) is 11.0 Å². The molecule has 0 unspecified atom stereocenters. The fourth-order valence-electron chi connectivity index (χ4n) is 4.14. The van der Waals surface area contributed by atoms with Crippen molar-refractivity contribution in [2.75, 3.05) is 16.4 Å². The van der Waals surface area contributed by atoms with Gasteiger partial charge in [-0.15, -0.1) is 10.2 Å². The van der Waals surface area contributed by atoms with Gasteiger partial charge in [0.25, 0.3) is 0 Å². The molecule has 0 bridgehead atoms. The SMILES string of the molecule is CCn1c(SCC(=O)Nc2ccc(NC3CCCCC3)cc2)nnc1-c1cccc(C)c1. The minimum Gasteiger partial charge on any atom is -0.382 e. The Kier molecular flexibility index (Phi) is 7.47. The lowest BCUT2D eigenvalue weighted by molar-refractivity contribution is -0.113. The number of hydrogen-bond donors (Lipinski definition) is 2. The van der Waals surface area contributed by atoms with Gasteiger partial charge in [-0.05, 0) is 57.0 Å². The molecule has 0 saturated heterocycles. The van der Waals surface area contributed by atoms with Crippen LogP contribution in [-0.4, -0.2) is 32.5 Å². The summed E-state index contributed by atoms with van der Waals surface area (Å²) in [5, 5.41) is 16.0. The van der Waals surface area contributed by atoms with Gasteiger partial charge in [-0.1, -0.05) is 54.8 Å². The highest BCUT2D eigenvalue weighted by Crippen LogP contribution is 2.25. The maximum atomic E-state index is 12.5. The Bertz CT molecular complexity index is 1040. The first kappa shape index (κ1) is 22.4. The minimum atomic E-state index is -0.0502. The molecule has 1 heterocycles. The van der Waals surface area contributed by atoms with Gasteiger partial charge < -0.3 is 15.2 Å². The highest BCUT2D eigenvalue weighted by molar-refractivity contribution is 7.99. The highest BCUT2D eigenvalue weighted by Gasteiger charge is 2.15. The second kappa shape index (κ2) is 10.7. The summed E-state index contributed by atoms with van der Waals surface area (Å²) in [6, 6.07) is 16.8. The van der Waals surface area contributed by atoms with Gasteiger partial charge in [-0.3, -0.25) is 4.79 Å². The van der Waals surface area contributed by atoms with Crippen LogP contribution in [0.5, 0.6) is 0 Å². The molecule has 1 amide bonds. The van der Waals surface area contributed by atoms with E-state index < -0.39 is 0 Å². The molecule has 2 aromatic carbocycles. The Morgan fingerprint density at radius 2 is 1.81 bits per heavy atom. The average Bonchev–Trinajstić information content (AvgIpc) is 3.23. The normalized spacial score (nSPS) is 14.3.